The smallest absolute Gasteiger partial charge is 0.335 e. The number of rotatable bonds is 10. The molecule has 0 saturated carbocycles. The van der Waals surface area contributed by atoms with Crippen LogP contribution in [0.2, 0.25) is 15.1 Å². The molecule has 5 rings (SSSR count). The fraction of sp³-hybridized carbons (Fsp3) is 0.121. The van der Waals surface area contributed by atoms with Gasteiger partial charge in [0.2, 0.25) is 0 Å². The van der Waals surface area contributed by atoms with E-state index in [1.165, 1.54) is 12.1 Å². The molecule has 224 valence electrons. The Kier molecular flexibility index (Phi) is 9.75. The first-order valence-electron chi connectivity index (χ1n) is 13.4. The summed E-state index contributed by atoms with van der Waals surface area (Å²) in [6.45, 7) is 2.53. The lowest BCUT2D eigenvalue weighted by Gasteiger charge is -2.26. The monoisotopic (exact) mass is 650 g/mol. The van der Waals surface area contributed by atoms with Gasteiger partial charge in [0.15, 0.2) is 11.5 Å². The van der Waals surface area contributed by atoms with Crippen LogP contribution in [0.4, 0.5) is 10.5 Å². The Labute approximate surface area is 268 Å². The molecule has 1 aliphatic heterocycles. The molecule has 11 heteroatoms. The van der Waals surface area contributed by atoms with E-state index in [2.05, 4.69) is 5.32 Å². The Morgan fingerprint density at radius 1 is 0.795 bits per heavy atom. The number of hydrogen-bond acceptors (Lipinski definition) is 6. The Morgan fingerprint density at radius 2 is 1.57 bits per heavy atom. The molecule has 0 bridgehead atoms. The fourth-order valence-electron chi connectivity index (χ4n) is 4.38. The maximum Gasteiger partial charge on any atom is 0.335 e. The maximum absolute atomic E-state index is 13.5. The van der Waals surface area contributed by atoms with Gasteiger partial charge in [0.25, 0.3) is 11.8 Å². The highest BCUT2D eigenvalue weighted by Crippen LogP contribution is 2.38. The number of urea groups is 1. The third-order valence-electron chi connectivity index (χ3n) is 6.46. The van der Waals surface area contributed by atoms with Gasteiger partial charge < -0.3 is 14.2 Å². The average Bonchev–Trinajstić information content (AvgIpc) is 2.99. The Hall–Kier alpha value is -4.50. The van der Waals surface area contributed by atoms with Crippen molar-refractivity contribution in [1.82, 2.24) is 5.32 Å². The van der Waals surface area contributed by atoms with Crippen LogP contribution in [0.1, 0.15) is 23.6 Å². The van der Waals surface area contributed by atoms with E-state index in [0.29, 0.717) is 39.5 Å². The summed E-state index contributed by atoms with van der Waals surface area (Å²) in [7, 11) is 0. The highest BCUT2D eigenvalue weighted by molar-refractivity contribution is 6.39. The predicted molar refractivity (Wildman–Crippen MR) is 170 cm³/mol. The lowest BCUT2D eigenvalue weighted by molar-refractivity contribution is -0.122. The second-order valence-corrected chi connectivity index (χ2v) is 10.8. The number of barbiturate groups is 1. The molecule has 44 heavy (non-hydrogen) atoms. The molecule has 1 N–H and O–H groups in total. The minimum atomic E-state index is -0.875. The molecule has 1 saturated heterocycles. The minimum absolute atomic E-state index is 0.183. The van der Waals surface area contributed by atoms with Gasteiger partial charge in [-0.15, -0.1) is 0 Å². The summed E-state index contributed by atoms with van der Waals surface area (Å²) >= 11 is 18.8. The molecule has 4 amide bonds. The number of hydrogen-bond donors (Lipinski definition) is 1. The summed E-state index contributed by atoms with van der Waals surface area (Å²) < 4.78 is 17.5. The Bertz CT molecular complexity index is 1760. The number of anilines is 1. The molecule has 1 heterocycles. The molecule has 0 spiro atoms. The van der Waals surface area contributed by atoms with E-state index in [-0.39, 0.29) is 29.5 Å². The van der Waals surface area contributed by atoms with Gasteiger partial charge in [0.1, 0.15) is 24.5 Å². The molecular formula is C33H25Cl3N2O6. The van der Waals surface area contributed by atoms with Gasteiger partial charge in [0.05, 0.1) is 17.3 Å². The molecule has 1 fully saturated rings. The third kappa shape index (κ3) is 7.17. The number of carbonyl (C=O) groups excluding carboxylic acids is 3. The highest BCUT2D eigenvalue weighted by Gasteiger charge is 2.37. The number of amides is 4. The summed E-state index contributed by atoms with van der Waals surface area (Å²) in [6.07, 6.45) is 1.34. The van der Waals surface area contributed by atoms with Crippen molar-refractivity contribution in [2.24, 2.45) is 0 Å². The summed E-state index contributed by atoms with van der Waals surface area (Å²) in [5.74, 6) is -0.534. The van der Waals surface area contributed by atoms with Gasteiger partial charge in [-0.1, -0.05) is 65.1 Å². The normalized spacial score (nSPS) is 14.0. The zero-order chi connectivity index (χ0) is 31.2. The van der Waals surface area contributed by atoms with E-state index < -0.39 is 17.8 Å². The molecule has 1 aliphatic rings. The first kappa shape index (κ1) is 30.9. The Balaban J connectivity index is 1.36. The van der Waals surface area contributed by atoms with E-state index >= 15 is 0 Å². The van der Waals surface area contributed by atoms with Crippen molar-refractivity contribution < 1.29 is 28.6 Å². The van der Waals surface area contributed by atoms with Crippen LogP contribution in [0, 0.1) is 0 Å². The Morgan fingerprint density at radius 3 is 2.30 bits per heavy atom. The van der Waals surface area contributed by atoms with Crippen molar-refractivity contribution in [2.45, 2.75) is 20.1 Å². The maximum atomic E-state index is 13.5. The zero-order valence-corrected chi connectivity index (χ0v) is 25.6. The van der Waals surface area contributed by atoms with Gasteiger partial charge in [-0.05, 0) is 78.7 Å². The number of carbonyl (C=O) groups is 3. The first-order chi connectivity index (χ1) is 21.2. The summed E-state index contributed by atoms with van der Waals surface area (Å²) in [5.41, 5.74) is 2.01. The van der Waals surface area contributed by atoms with Crippen molar-refractivity contribution in [3.05, 3.63) is 122 Å². The third-order valence-corrected chi connectivity index (χ3v) is 7.35. The molecule has 0 radical (unpaired) electrons. The topological polar surface area (TPSA) is 94.2 Å². The van der Waals surface area contributed by atoms with Crippen molar-refractivity contribution in [1.29, 1.82) is 0 Å². The van der Waals surface area contributed by atoms with Crippen LogP contribution >= 0.6 is 34.8 Å². The molecule has 4 aromatic rings. The van der Waals surface area contributed by atoms with Gasteiger partial charge in [-0.2, -0.15) is 0 Å². The van der Waals surface area contributed by atoms with Crippen LogP contribution in [0.25, 0.3) is 6.08 Å². The van der Waals surface area contributed by atoms with Crippen LogP contribution in [0.5, 0.6) is 17.2 Å². The fourth-order valence-corrected chi connectivity index (χ4v) is 5.06. The SMILES string of the molecule is CCOc1cc(/C=C2\C(=O)NC(=O)N(c3ccc(OCc4ccccc4Cl)cc3)C2=O)cc(Cl)c1OCc1cccc(Cl)c1. The van der Waals surface area contributed by atoms with Gasteiger partial charge in [0, 0.05) is 15.6 Å². The minimum Gasteiger partial charge on any atom is -0.490 e. The largest absolute Gasteiger partial charge is 0.490 e. The molecule has 0 aromatic heterocycles. The van der Waals surface area contributed by atoms with Crippen LogP contribution in [-0.4, -0.2) is 24.5 Å². The lowest BCUT2D eigenvalue weighted by atomic mass is 10.1. The number of benzene rings is 4. The summed E-state index contributed by atoms with van der Waals surface area (Å²) in [6, 6.07) is 23.1. The second kappa shape index (κ2) is 13.9. The predicted octanol–water partition coefficient (Wildman–Crippen LogP) is 7.87. The van der Waals surface area contributed by atoms with Crippen LogP contribution in [-0.2, 0) is 22.8 Å². The van der Waals surface area contributed by atoms with Gasteiger partial charge in [-0.3, -0.25) is 14.9 Å². The molecule has 8 nitrogen and oxygen atoms in total. The van der Waals surface area contributed by atoms with Crippen LogP contribution in [0.3, 0.4) is 0 Å². The molecule has 4 aromatic carbocycles. The second-order valence-electron chi connectivity index (χ2n) is 9.51. The number of nitrogens with one attached hydrogen (secondary N) is 1. The van der Waals surface area contributed by atoms with Crippen molar-refractivity contribution in [3.8, 4) is 17.2 Å². The number of ether oxygens (including phenoxy) is 3. The van der Waals surface area contributed by atoms with Crippen molar-refractivity contribution in [2.75, 3.05) is 11.5 Å². The quantitative estimate of drug-likeness (QED) is 0.139. The first-order valence-corrected chi connectivity index (χ1v) is 14.6. The summed E-state index contributed by atoms with van der Waals surface area (Å²) in [4.78, 5) is 39.8. The van der Waals surface area contributed by atoms with Crippen molar-refractivity contribution in [3.63, 3.8) is 0 Å². The molecular weight excluding hydrogens is 627 g/mol. The number of halogens is 3. The molecule has 0 atom stereocenters. The number of nitrogens with zero attached hydrogens (tertiary/aromatic N) is 1. The van der Waals surface area contributed by atoms with E-state index in [0.717, 1.165) is 16.0 Å². The molecule has 0 unspecified atom stereocenters. The van der Waals surface area contributed by atoms with Crippen LogP contribution in [0.15, 0.2) is 90.5 Å². The average molecular weight is 652 g/mol. The van der Waals surface area contributed by atoms with E-state index in [1.54, 1.807) is 55.5 Å². The van der Waals surface area contributed by atoms with E-state index in [1.807, 2.05) is 30.3 Å². The van der Waals surface area contributed by atoms with E-state index in [9.17, 15) is 14.4 Å². The number of imide groups is 2. The molecule has 0 aliphatic carbocycles. The highest BCUT2D eigenvalue weighted by atomic mass is 35.5. The van der Waals surface area contributed by atoms with Gasteiger partial charge >= 0.3 is 6.03 Å². The van der Waals surface area contributed by atoms with E-state index in [4.69, 9.17) is 49.0 Å². The zero-order valence-electron chi connectivity index (χ0n) is 23.3. The lowest BCUT2D eigenvalue weighted by Crippen LogP contribution is -2.54. The standard InChI is InChI=1S/C33H25Cl3N2O6/c1-2-42-29-17-21(16-28(36)30(29)44-18-20-6-5-8-23(34)14-20)15-26-31(39)37-33(41)38(32(26)40)24-10-12-25(13-11-24)43-19-22-7-3-4-9-27(22)35/h3-17H,2,18-19H2,1H3,(H,37,39,41)/b26-15+. The van der Waals surface area contributed by atoms with Gasteiger partial charge in [-0.25, -0.2) is 9.69 Å². The van der Waals surface area contributed by atoms with Crippen molar-refractivity contribution >= 4 is 64.4 Å². The van der Waals surface area contributed by atoms with Crippen LogP contribution < -0.4 is 24.4 Å². The summed E-state index contributed by atoms with van der Waals surface area (Å²) in [5, 5.41) is 3.58.